The van der Waals surface area contributed by atoms with Crippen molar-refractivity contribution in [3.05, 3.63) is 83.7 Å². The van der Waals surface area contributed by atoms with Crippen molar-refractivity contribution in [1.82, 2.24) is 9.78 Å². The number of fused-ring (bicyclic) bond motifs is 1. The molecule has 2 N–H and O–H groups in total. The van der Waals surface area contributed by atoms with Crippen LogP contribution in [0.4, 0.5) is 11.4 Å². The smallest absolute Gasteiger partial charge is 0.179 e. The molecule has 0 aliphatic heterocycles. The fraction of sp³-hybridized carbons (Fsp3) is 0.174. The minimum Gasteiger partial charge on any atom is -0.588 e. The molecule has 0 aliphatic rings. The second-order valence-electron chi connectivity index (χ2n) is 7.06. The van der Waals surface area contributed by atoms with Gasteiger partial charge in [-0.2, -0.15) is 9.82 Å². The summed E-state index contributed by atoms with van der Waals surface area (Å²) in [6.45, 7) is 4.57. The standard InChI is InChI=1S/C23H24N4OS/c1-16-23(17(2)27(3)25-16)26-29(28)20-13-11-18(12-14-20)15-24-22-10-6-8-19-7-4-5-9-21(19)22/h4-14,24,26H,15H2,1-3H3. The summed E-state index contributed by atoms with van der Waals surface area (Å²) in [5, 5.41) is 10.3. The largest absolute Gasteiger partial charge is 0.588 e. The highest BCUT2D eigenvalue weighted by molar-refractivity contribution is 7.92. The minimum atomic E-state index is -1.33. The molecule has 0 radical (unpaired) electrons. The monoisotopic (exact) mass is 404 g/mol. The van der Waals surface area contributed by atoms with Crippen LogP contribution < -0.4 is 10.0 Å². The maximum absolute atomic E-state index is 12.7. The van der Waals surface area contributed by atoms with Crippen LogP contribution in [-0.4, -0.2) is 14.3 Å². The highest BCUT2D eigenvalue weighted by Crippen LogP contribution is 2.25. The van der Waals surface area contributed by atoms with Gasteiger partial charge in [-0.3, -0.25) is 4.68 Å². The molecule has 0 saturated heterocycles. The van der Waals surface area contributed by atoms with E-state index in [-0.39, 0.29) is 0 Å². The minimum absolute atomic E-state index is 0.704. The van der Waals surface area contributed by atoms with Gasteiger partial charge in [0.25, 0.3) is 0 Å². The van der Waals surface area contributed by atoms with Crippen LogP contribution in [0.1, 0.15) is 17.0 Å². The molecule has 1 atom stereocenters. The average Bonchev–Trinajstić information content (AvgIpc) is 2.98. The van der Waals surface area contributed by atoms with E-state index in [0.717, 1.165) is 33.2 Å². The lowest BCUT2D eigenvalue weighted by molar-refractivity contribution is 0.600. The first kappa shape index (κ1) is 19.4. The fourth-order valence-electron chi connectivity index (χ4n) is 3.38. The number of nitrogens with one attached hydrogen (secondary N) is 2. The molecule has 4 aromatic rings. The molecule has 0 amide bonds. The molecule has 4 rings (SSSR count). The Morgan fingerprint density at radius 2 is 1.69 bits per heavy atom. The van der Waals surface area contributed by atoms with Gasteiger partial charge in [-0.25, -0.2) is 0 Å². The lowest BCUT2D eigenvalue weighted by Crippen LogP contribution is -2.14. The Morgan fingerprint density at radius 1 is 0.966 bits per heavy atom. The Balaban J connectivity index is 1.43. The zero-order chi connectivity index (χ0) is 20.4. The van der Waals surface area contributed by atoms with Gasteiger partial charge in [-0.1, -0.05) is 48.5 Å². The van der Waals surface area contributed by atoms with Crippen LogP contribution in [0.25, 0.3) is 10.8 Å². The maximum atomic E-state index is 12.7. The quantitative estimate of drug-likeness (QED) is 0.447. The van der Waals surface area contributed by atoms with E-state index in [1.807, 2.05) is 51.2 Å². The Bertz CT molecular complexity index is 1130. The van der Waals surface area contributed by atoms with E-state index in [4.69, 9.17) is 0 Å². The summed E-state index contributed by atoms with van der Waals surface area (Å²) in [6.07, 6.45) is 0. The molecule has 0 aliphatic carbocycles. The van der Waals surface area contributed by atoms with Crippen LogP contribution in [0.15, 0.2) is 71.6 Å². The molecule has 6 heteroatoms. The van der Waals surface area contributed by atoms with E-state index < -0.39 is 11.4 Å². The summed E-state index contributed by atoms with van der Waals surface area (Å²) in [5.74, 6) is 0. The van der Waals surface area contributed by atoms with Gasteiger partial charge in [0.15, 0.2) is 4.90 Å². The number of hydrogen-bond acceptors (Lipinski definition) is 4. The second-order valence-corrected chi connectivity index (χ2v) is 8.28. The molecule has 0 fully saturated rings. The van der Waals surface area contributed by atoms with Crippen LogP contribution >= 0.6 is 0 Å². The number of aryl methyl sites for hydroxylation is 2. The van der Waals surface area contributed by atoms with Gasteiger partial charge in [0.2, 0.25) is 0 Å². The third kappa shape index (κ3) is 4.09. The predicted octanol–water partition coefficient (Wildman–Crippen LogP) is 4.94. The van der Waals surface area contributed by atoms with Crippen molar-refractivity contribution in [1.29, 1.82) is 0 Å². The third-order valence-corrected chi connectivity index (χ3v) is 6.20. The Hall–Kier alpha value is -2.96. The number of hydrogen-bond donors (Lipinski definition) is 2. The summed E-state index contributed by atoms with van der Waals surface area (Å²) in [5.41, 5.74) is 4.88. The first-order chi connectivity index (χ1) is 14.0. The van der Waals surface area contributed by atoms with Crippen LogP contribution in [0, 0.1) is 13.8 Å². The number of anilines is 2. The van der Waals surface area contributed by atoms with E-state index in [1.54, 1.807) is 4.68 Å². The van der Waals surface area contributed by atoms with Gasteiger partial charge in [0.05, 0.1) is 11.4 Å². The van der Waals surface area contributed by atoms with Crippen molar-refractivity contribution in [2.45, 2.75) is 25.3 Å². The first-order valence-corrected chi connectivity index (χ1v) is 10.7. The van der Waals surface area contributed by atoms with Crippen LogP contribution in [0.5, 0.6) is 0 Å². The highest BCUT2D eigenvalue weighted by Gasteiger charge is 2.17. The van der Waals surface area contributed by atoms with Crippen molar-refractivity contribution in [3.8, 4) is 0 Å². The molecule has 1 heterocycles. The molecule has 1 aromatic heterocycles. The fourth-order valence-corrected chi connectivity index (χ4v) is 4.36. The maximum Gasteiger partial charge on any atom is 0.179 e. The van der Waals surface area contributed by atoms with Crippen molar-refractivity contribution in [3.63, 3.8) is 0 Å². The van der Waals surface area contributed by atoms with Crippen LogP contribution in [-0.2, 0) is 25.0 Å². The molecule has 0 spiro atoms. The summed E-state index contributed by atoms with van der Waals surface area (Å²) in [7, 11) is 1.88. The summed E-state index contributed by atoms with van der Waals surface area (Å²) in [6, 6.07) is 22.4. The molecular formula is C23H24N4OS. The second kappa shape index (κ2) is 8.19. The SMILES string of the molecule is Cc1nn(C)c(C)c1N[S+]([O-])c1ccc(CNc2cccc3ccccc23)cc1. The Labute approximate surface area is 174 Å². The summed E-state index contributed by atoms with van der Waals surface area (Å²) in [4.78, 5) is 0.738. The zero-order valence-electron chi connectivity index (χ0n) is 16.8. The molecule has 1 unspecified atom stereocenters. The van der Waals surface area contributed by atoms with Gasteiger partial charge < -0.3 is 9.87 Å². The topological polar surface area (TPSA) is 64.9 Å². The lowest BCUT2D eigenvalue weighted by atomic mass is 10.1. The van der Waals surface area contributed by atoms with E-state index >= 15 is 0 Å². The normalized spacial score (nSPS) is 12.1. The predicted molar refractivity (Wildman–Crippen MR) is 120 cm³/mol. The molecule has 5 nitrogen and oxygen atoms in total. The first-order valence-electron chi connectivity index (χ1n) is 9.52. The van der Waals surface area contributed by atoms with E-state index in [0.29, 0.717) is 6.54 Å². The molecular weight excluding hydrogens is 380 g/mol. The van der Waals surface area contributed by atoms with Crippen molar-refractivity contribution >= 4 is 33.5 Å². The molecule has 148 valence electrons. The van der Waals surface area contributed by atoms with Crippen molar-refractivity contribution < 1.29 is 4.55 Å². The number of benzene rings is 3. The van der Waals surface area contributed by atoms with Gasteiger partial charge >= 0.3 is 0 Å². The van der Waals surface area contributed by atoms with Gasteiger partial charge in [0.1, 0.15) is 17.0 Å². The molecule has 29 heavy (non-hydrogen) atoms. The van der Waals surface area contributed by atoms with Crippen molar-refractivity contribution in [2.24, 2.45) is 7.05 Å². The lowest BCUT2D eigenvalue weighted by Gasteiger charge is -2.13. The van der Waals surface area contributed by atoms with E-state index in [1.165, 1.54) is 10.8 Å². The Kier molecular flexibility index (Phi) is 5.47. The number of nitrogens with zero attached hydrogens (tertiary/aromatic N) is 2. The molecule has 0 saturated carbocycles. The molecule has 3 aromatic carbocycles. The summed E-state index contributed by atoms with van der Waals surface area (Å²) >= 11 is -1.33. The molecule has 0 bridgehead atoms. The number of aromatic nitrogens is 2. The van der Waals surface area contributed by atoms with Crippen molar-refractivity contribution in [2.75, 3.05) is 10.0 Å². The van der Waals surface area contributed by atoms with E-state index in [2.05, 4.69) is 51.5 Å². The Morgan fingerprint density at radius 3 is 2.41 bits per heavy atom. The highest BCUT2D eigenvalue weighted by atomic mass is 32.2. The number of rotatable bonds is 6. The van der Waals surface area contributed by atoms with Gasteiger partial charge in [-0.05, 0) is 43.0 Å². The van der Waals surface area contributed by atoms with Crippen LogP contribution in [0.2, 0.25) is 0 Å². The average molecular weight is 405 g/mol. The summed E-state index contributed by atoms with van der Waals surface area (Å²) < 4.78 is 17.6. The van der Waals surface area contributed by atoms with Gasteiger partial charge in [-0.15, -0.1) is 0 Å². The zero-order valence-corrected chi connectivity index (χ0v) is 17.6. The van der Waals surface area contributed by atoms with Crippen LogP contribution in [0.3, 0.4) is 0 Å². The van der Waals surface area contributed by atoms with E-state index in [9.17, 15) is 4.55 Å². The van der Waals surface area contributed by atoms with Gasteiger partial charge in [0, 0.05) is 24.7 Å². The third-order valence-electron chi connectivity index (χ3n) is 5.11.